The summed E-state index contributed by atoms with van der Waals surface area (Å²) >= 11 is 0. The quantitative estimate of drug-likeness (QED) is 0.680. The zero-order valence-electron chi connectivity index (χ0n) is 8.62. The number of aliphatic hydroxyl groups is 1. The molecular formula is C11H17NO2. The van der Waals surface area contributed by atoms with Crippen molar-refractivity contribution in [3.05, 3.63) is 29.3 Å². The minimum atomic E-state index is 0.00931. The van der Waals surface area contributed by atoms with Crippen LogP contribution in [0.1, 0.15) is 25.0 Å². The van der Waals surface area contributed by atoms with Crippen LogP contribution in [-0.2, 0) is 13.2 Å². The fourth-order valence-corrected chi connectivity index (χ4v) is 1.25. The van der Waals surface area contributed by atoms with Gasteiger partial charge in [0, 0.05) is 12.6 Å². The number of nitrogens with one attached hydrogen (secondary N) is 1. The minimum absolute atomic E-state index is 0.00931. The molecule has 0 saturated carbocycles. The zero-order chi connectivity index (χ0) is 10.6. The monoisotopic (exact) mass is 195 g/mol. The molecule has 0 aliphatic rings. The maximum Gasteiger partial charge on any atom is 0.115 e. The Kier molecular flexibility index (Phi) is 3.92. The summed E-state index contributed by atoms with van der Waals surface area (Å²) in [7, 11) is 0. The van der Waals surface area contributed by atoms with Crippen LogP contribution in [-0.4, -0.2) is 16.3 Å². The third-order valence-electron chi connectivity index (χ3n) is 2.06. The Morgan fingerprint density at radius 3 is 2.57 bits per heavy atom. The molecule has 0 aliphatic carbocycles. The van der Waals surface area contributed by atoms with Crippen LogP contribution in [0.2, 0.25) is 0 Å². The van der Waals surface area contributed by atoms with Crippen molar-refractivity contribution in [3.8, 4) is 5.75 Å². The largest absolute Gasteiger partial charge is 0.508 e. The van der Waals surface area contributed by atoms with E-state index in [0.717, 1.165) is 11.1 Å². The van der Waals surface area contributed by atoms with E-state index in [1.54, 1.807) is 18.2 Å². The average Bonchev–Trinajstić information content (AvgIpc) is 2.15. The van der Waals surface area contributed by atoms with Crippen LogP contribution in [0.4, 0.5) is 0 Å². The second-order valence-electron chi connectivity index (χ2n) is 3.65. The Labute approximate surface area is 84.4 Å². The first-order valence-electron chi connectivity index (χ1n) is 4.78. The Bertz CT molecular complexity index is 297. The van der Waals surface area contributed by atoms with E-state index in [2.05, 4.69) is 19.2 Å². The van der Waals surface area contributed by atoms with E-state index >= 15 is 0 Å². The molecule has 78 valence electrons. The highest BCUT2D eigenvalue weighted by Crippen LogP contribution is 2.16. The number of phenolic OH excluding ortho intramolecular Hbond substituents is 1. The molecule has 0 aromatic heterocycles. The van der Waals surface area contributed by atoms with E-state index < -0.39 is 0 Å². The summed E-state index contributed by atoms with van der Waals surface area (Å²) in [5.41, 5.74) is 1.80. The molecule has 0 fully saturated rings. The number of rotatable bonds is 4. The number of aromatic hydroxyl groups is 1. The Morgan fingerprint density at radius 1 is 1.29 bits per heavy atom. The van der Waals surface area contributed by atoms with Crippen molar-refractivity contribution in [1.29, 1.82) is 0 Å². The molecule has 1 aromatic rings. The van der Waals surface area contributed by atoms with Crippen LogP contribution >= 0.6 is 0 Å². The summed E-state index contributed by atoms with van der Waals surface area (Å²) in [5, 5.41) is 21.6. The maximum atomic E-state index is 9.29. The Morgan fingerprint density at radius 2 is 2.00 bits per heavy atom. The van der Waals surface area contributed by atoms with Gasteiger partial charge in [-0.1, -0.05) is 19.9 Å². The van der Waals surface area contributed by atoms with Gasteiger partial charge in [-0.2, -0.15) is 0 Å². The van der Waals surface area contributed by atoms with E-state index in [4.69, 9.17) is 5.11 Å². The van der Waals surface area contributed by atoms with Gasteiger partial charge in [-0.15, -0.1) is 0 Å². The van der Waals surface area contributed by atoms with E-state index in [0.29, 0.717) is 12.6 Å². The van der Waals surface area contributed by atoms with Crippen LogP contribution in [0.3, 0.4) is 0 Å². The summed E-state index contributed by atoms with van der Waals surface area (Å²) in [6.07, 6.45) is 0. The molecular weight excluding hydrogens is 178 g/mol. The SMILES string of the molecule is CC(C)NCc1cc(O)ccc1CO. The van der Waals surface area contributed by atoms with Crippen LogP contribution in [0.25, 0.3) is 0 Å². The van der Waals surface area contributed by atoms with Gasteiger partial charge in [-0.05, 0) is 23.3 Å². The highest BCUT2D eigenvalue weighted by molar-refractivity contribution is 5.34. The van der Waals surface area contributed by atoms with Gasteiger partial charge in [0.05, 0.1) is 6.61 Å². The van der Waals surface area contributed by atoms with Gasteiger partial charge in [0.1, 0.15) is 5.75 Å². The van der Waals surface area contributed by atoms with Crippen LogP contribution in [0.5, 0.6) is 5.75 Å². The van der Waals surface area contributed by atoms with E-state index in [1.807, 2.05) is 0 Å². The van der Waals surface area contributed by atoms with Crippen molar-refractivity contribution < 1.29 is 10.2 Å². The lowest BCUT2D eigenvalue weighted by molar-refractivity contribution is 0.280. The number of phenols is 1. The lowest BCUT2D eigenvalue weighted by Crippen LogP contribution is -2.22. The molecule has 1 rings (SSSR count). The molecule has 0 bridgehead atoms. The molecule has 0 unspecified atom stereocenters. The number of benzene rings is 1. The lowest BCUT2D eigenvalue weighted by Gasteiger charge is -2.11. The molecule has 1 aromatic carbocycles. The second kappa shape index (κ2) is 4.98. The molecule has 0 saturated heterocycles. The van der Waals surface area contributed by atoms with Crippen molar-refractivity contribution in [2.24, 2.45) is 0 Å². The number of hydrogen-bond acceptors (Lipinski definition) is 3. The third kappa shape index (κ3) is 3.01. The molecule has 14 heavy (non-hydrogen) atoms. The van der Waals surface area contributed by atoms with Gasteiger partial charge in [0.25, 0.3) is 0 Å². The van der Waals surface area contributed by atoms with Crippen LogP contribution in [0.15, 0.2) is 18.2 Å². The van der Waals surface area contributed by atoms with Gasteiger partial charge < -0.3 is 15.5 Å². The van der Waals surface area contributed by atoms with Crippen molar-refractivity contribution in [2.75, 3.05) is 0 Å². The van der Waals surface area contributed by atoms with Crippen LogP contribution in [0, 0.1) is 0 Å². The Hall–Kier alpha value is -1.06. The average molecular weight is 195 g/mol. The highest BCUT2D eigenvalue weighted by Gasteiger charge is 2.03. The van der Waals surface area contributed by atoms with Crippen molar-refractivity contribution in [3.63, 3.8) is 0 Å². The molecule has 0 aliphatic heterocycles. The lowest BCUT2D eigenvalue weighted by atomic mass is 10.1. The molecule has 0 heterocycles. The van der Waals surface area contributed by atoms with E-state index in [9.17, 15) is 5.11 Å². The smallest absolute Gasteiger partial charge is 0.115 e. The third-order valence-corrected chi connectivity index (χ3v) is 2.06. The van der Waals surface area contributed by atoms with E-state index in [1.165, 1.54) is 0 Å². The molecule has 0 amide bonds. The summed E-state index contributed by atoms with van der Waals surface area (Å²) in [6.45, 7) is 4.79. The summed E-state index contributed by atoms with van der Waals surface area (Å²) in [5.74, 6) is 0.239. The van der Waals surface area contributed by atoms with Gasteiger partial charge in [0.2, 0.25) is 0 Å². The number of aliphatic hydroxyl groups excluding tert-OH is 1. The first kappa shape index (κ1) is 11.0. The summed E-state index contributed by atoms with van der Waals surface area (Å²) < 4.78 is 0. The summed E-state index contributed by atoms with van der Waals surface area (Å²) in [6, 6.07) is 5.40. The van der Waals surface area contributed by atoms with Crippen molar-refractivity contribution in [2.45, 2.75) is 33.0 Å². The molecule has 0 spiro atoms. The zero-order valence-corrected chi connectivity index (χ0v) is 8.62. The topological polar surface area (TPSA) is 52.5 Å². The van der Waals surface area contributed by atoms with Gasteiger partial charge in [0.15, 0.2) is 0 Å². The van der Waals surface area contributed by atoms with Gasteiger partial charge >= 0.3 is 0 Å². The van der Waals surface area contributed by atoms with Crippen molar-refractivity contribution >= 4 is 0 Å². The van der Waals surface area contributed by atoms with E-state index in [-0.39, 0.29) is 12.4 Å². The molecule has 0 atom stereocenters. The number of hydrogen-bond donors (Lipinski definition) is 3. The first-order chi connectivity index (χ1) is 6.63. The fraction of sp³-hybridized carbons (Fsp3) is 0.455. The molecule has 0 radical (unpaired) electrons. The highest BCUT2D eigenvalue weighted by atomic mass is 16.3. The summed E-state index contributed by atoms with van der Waals surface area (Å²) in [4.78, 5) is 0. The standard InChI is InChI=1S/C11H17NO2/c1-8(2)12-6-10-5-11(14)4-3-9(10)7-13/h3-5,8,12-14H,6-7H2,1-2H3. The predicted octanol–water partition coefficient (Wildman–Crippen LogP) is 1.38. The predicted molar refractivity (Wildman–Crippen MR) is 56.0 cm³/mol. The second-order valence-corrected chi connectivity index (χ2v) is 3.65. The van der Waals surface area contributed by atoms with Gasteiger partial charge in [-0.25, -0.2) is 0 Å². The molecule has 3 N–H and O–H groups in total. The molecule has 3 nitrogen and oxygen atoms in total. The normalized spacial score (nSPS) is 10.9. The van der Waals surface area contributed by atoms with Crippen LogP contribution < -0.4 is 5.32 Å². The first-order valence-corrected chi connectivity index (χ1v) is 4.78. The molecule has 3 heteroatoms. The Balaban J connectivity index is 2.77. The van der Waals surface area contributed by atoms with Gasteiger partial charge in [-0.3, -0.25) is 0 Å². The maximum absolute atomic E-state index is 9.29. The fourth-order valence-electron chi connectivity index (χ4n) is 1.25. The minimum Gasteiger partial charge on any atom is -0.508 e. The van der Waals surface area contributed by atoms with Crippen molar-refractivity contribution in [1.82, 2.24) is 5.32 Å².